The summed E-state index contributed by atoms with van der Waals surface area (Å²) < 4.78 is 39.4. The van der Waals surface area contributed by atoms with E-state index in [9.17, 15) is 18.0 Å². The van der Waals surface area contributed by atoms with E-state index in [1.54, 1.807) is 0 Å². The molecule has 1 aromatic rings. The number of hydrogen-bond donors (Lipinski definition) is 1. The van der Waals surface area contributed by atoms with Crippen LogP contribution in [0.1, 0.15) is 20.3 Å². The van der Waals surface area contributed by atoms with E-state index >= 15 is 0 Å². The van der Waals surface area contributed by atoms with Gasteiger partial charge in [0.25, 0.3) is 0 Å². The first-order chi connectivity index (χ1) is 9.86. The van der Waals surface area contributed by atoms with E-state index in [0.29, 0.717) is 11.8 Å². The van der Waals surface area contributed by atoms with Crippen molar-refractivity contribution in [3.63, 3.8) is 0 Å². The molecule has 21 heavy (non-hydrogen) atoms. The molecular formula is C15H19F3N2O. The Bertz CT molecular complexity index is 526. The molecule has 2 rings (SSSR count). The van der Waals surface area contributed by atoms with Crippen molar-refractivity contribution in [1.29, 1.82) is 0 Å². The number of likely N-dealkylation sites (tertiary alicyclic amines) is 1. The van der Waals surface area contributed by atoms with Gasteiger partial charge >= 0.3 is 0 Å². The summed E-state index contributed by atoms with van der Waals surface area (Å²) in [5.74, 6) is -3.65. The monoisotopic (exact) mass is 300 g/mol. The van der Waals surface area contributed by atoms with Crippen molar-refractivity contribution in [1.82, 2.24) is 4.90 Å². The van der Waals surface area contributed by atoms with E-state index in [1.807, 2.05) is 4.90 Å². The zero-order chi connectivity index (χ0) is 15.6. The van der Waals surface area contributed by atoms with Crippen molar-refractivity contribution in [2.75, 3.05) is 25.0 Å². The highest BCUT2D eigenvalue weighted by atomic mass is 19.2. The SMILES string of the molecule is C[C@H]1C[C@H](C)CN(CC(=O)Nc2ccc(F)c(F)c2F)C1. The standard InChI is InChI=1S/C15H19F3N2O/c1-9-5-10(2)7-20(6-9)8-13(21)19-12-4-3-11(16)14(17)15(12)18/h3-4,9-10H,5-8H2,1-2H3,(H,19,21)/t9-,10-/m0/s1. The maximum absolute atomic E-state index is 13.5. The zero-order valence-electron chi connectivity index (χ0n) is 12.1. The molecule has 1 fully saturated rings. The molecule has 6 heteroatoms. The van der Waals surface area contributed by atoms with Gasteiger partial charge in [-0.2, -0.15) is 0 Å². The van der Waals surface area contributed by atoms with E-state index in [4.69, 9.17) is 0 Å². The third kappa shape index (κ3) is 3.97. The molecule has 0 aliphatic carbocycles. The topological polar surface area (TPSA) is 32.3 Å². The quantitative estimate of drug-likeness (QED) is 0.870. The number of hydrogen-bond acceptors (Lipinski definition) is 2. The van der Waals surface area contributed by atoms with Crippen molar-refractivity contribution in [3.05, 3.63) is 29.6 Å². The first kappa shape index (κ1) is 15.8. The van der Waals surface area contributed by atoms with E-state index in [2.05, 4.69) is 19.2 Å². The fraction of sp³-hybridized carbons (Fsp3) is 0.533. The smallest absolute Gasteiger partial charge is 0.238 e. The molecule has 1 aliphatic rings. The average Bonchev–Trinajstić information content (AvgIpc) is 2.38. The molecule has 0 spiro atoms. The lowest BCUT2D eigenvalue weighted by molar-refractivity contribution is -0.117. The van der Waals surface area contributed by atoms with Crippen LogP contribution in [0, 0.1) is 29.3 Å². The molecular weight excluding hydrogens is 281 g/mol. The van der Waals surface area contributed by atoms with Crippen molar-refractivity contribution >= 4 is 11.6 Å². The molecule has 116 valence electrons. The van der Waals surface area contributed by atoms with Gasteiger partial charge in [0.2, 0.25) is 5.91 Å². The van der Waals surface area contributed by atoms with Crippen molar-refractivity contribution in [2.24, 2.45) is 11.8 Å². The van der Waals surface area contributed by atoms with Gasteiger partial charge in [-0.25, -0.2) is 13.2 Å². The van der Waals surface area contributed by atoms with Gasteiger partial charge in [-0.1, -0.05) is 13.8 Å². The second-order valence-electron chi connectivity index (χ2n) is 5.91. The number of halogens is 3. The highest BCUT2D eigenvalue weighted by Gasteiger charge is 2.24. The van der Waals surface area contributed by atoms with Crippen LogP contribution >= 0.6 is 0 Å². The lowest BCUT2D eigenvalue weighted by atomic mass is 9.92. The van der Waals surface area contributed by atoms with Crippen LogP contribution in [0.4, 0.5) is 18.9 Å². The Labute approximate surface area is 122 Å². The van der Waals surface area contributed by atoms with E-state index in [1.165, 1.54) is 0 Å². The normalized spacial score (nSPS) is 23.1. The Balaban J connectivity index is 1.97. The van der Waals surface area contributed by atoms with Crippen LogP contribution in [0.5, 0.6) is 0 Å². The van der Waals surface area contributed by atoms with Crippen LogP contribution in [-0.4, -0.2) is 30.4 Å². The summed E-state index contributed by atoms with van der Waals surface area (Å²) in [6, 6.07) is 1.81. The summed E-state index contributed by atoms with van der Waals surface area (Å²) in [4.78, 5) is 13.9. The third-order valence-electron chi connectivity index (χ3n) is 3.62. The minimum atomic E-state index is -1.58. The number of carbonyl (C=O) groups excluding carboxylic acids is 1. The Morgan fingerprint density at radius 1 is 1.19 bits per heavy atom. The molecule has 1 saturated heterocycles. The molecule has 0 saturated carbocycles. The van der Waals surface area contributed by atoms with Crippen molar-refractivity contribution in [2.45, 2.75) is 20.3 Å². The van der Waals surface area contributed by atoms with Crippen molar-refractivity contribution < 1.29 is 18.0 Å². The molecule has 1 amide bonds. The molecule has 0 radical (unpaired) electrons. The maximum atomic E-state index is 13.5. The van der Waals surface area contributed by atoms with Crippen molar-refractivity contribution in [3.8, 4) is 0 Å². The largest absolute Gasteiger partial charge is 0.322 e. The summed E-state index contributed by atoms with van der Waals surface area (Å²) in [5.41, 5.74) is -0.336. The first-order valence-corrected chi connectivity index (χ1v) is 7.02. The number of anilines is 1. The van der Waals surface area contributed by atoms with Crippen LogP contribution in [0.2, 0.25) is 0 Å². The van der Waals surface area contributed by atoms with Gasteiger partial charge in [-0.15, -0.1) is 0 Å². The molecule has 1 N–H and O–H groups in total. The highest BCUT2D eigenvalue weighted by molar-refractivity contribution is 5.92. The molecule has 1 aliphatic heterocycles. The zero-order valence-corrected chi connectivity index (χ0v) is 12.1. The molecule has 0 aromatic heterocycles. The van der Waals surface area contributed by atoms with Gasteiger partial charge in [0, 0.05) is 13.1 Å². The summed E-state index contributed by atoms with van der Waals surface area (Å²) in [6.07, 6.45) is 1.12. The Morgan fingerprint density at radius 3 is 2.43 bits per heavy atom. The summed E-state index contributed by atoms with van der Waals surface area (Å²) >= 11 is 0. The van der Waals surface area contributed by atoms with Gasteiger partial charge in [0.05, 0.1) is 12.2 Å². The minimum Gasteiger partial charge on any atom is -0.322 e. The van der Waals surface area contributed by atoms with Crippen LogP contribution in [0.3, 0.4) is 0 Å². The van der Waals surface area contributed by atoms with Crippen LogP contribution in [0.15, 0.2) is 12.1 Å². The second-order valence-corrected chi connectivity index (χ2v) is 5.91. The van der Waals surface area contributed by atoms with Crippen LogP contribution < -0.4 is 5.32 Å². The summed E-state index contributed by atoms with van der Waals surface area (Å²) in [7, 11) is 0. The fourth-order valence-corrected chi connectivity index (χ4v) is 2.94. The Morgan fingerprint density at radius 2 is 1.81 bits per heavy atom. The number of benzene rings is 1. The average molecular weight is 300 g/mol. The predicted octanol–water partition coefficient (Wildman–Crippen LogP) is 3.02. The number of amides is 1. The Kier molecular flexibility index (Phi) is 4.88. The lowest BCUT2D eigenvalue weighted by Crippen LogP contribution is -2.42. The number of rotatable bonds is 3. The highest BCUT2D eigenvalue weighted by Crippen LogP contribution is 2.22. The van der Waals surface area contributed by atoms with Gasteiger partial charge in [-0.05, 0) is 30.4 Å². The maximum Gasteiger partial charge on any atom is 0.238 e. The molecule has 1 heterocycles. The minimum absolute atomic E-state index is 0.118. The van der Waals surface area contributed by atoms with E-state index in [0.717, 1.165) is 31.6 Å². The van der Waals surface area contributed by atoms with Gasteiger partial charge < -0.3 is 5.32 Å². The molecule has 0 unspecified atom stereocenters. The van der Waals surface area contributed by atoms with Crippen LogP contribution in [-0.2, 0) is 4.79 Å². The fourth-order valence-electron chi connectivity index (χ4n) is 2.94. The summed E-state index contributed by atoms with van der Waals surface area (Å²) in [5, 5.41) is 2.29. The number of nitrogens with one attached hydrogen (secondary N) is 1. The third-order valence-corrected chi connectivity index (χ3v) is 3.62. The molecule has 2 atom stereocenters. The number of carbonyl (C=O) groups is 1. The second kappa shape index (κ2) is 6.47. The molecule has 3 nitrogen and oxygen atoms in total. The van der Waals surface area contributed by atoms with Crippen LogP contribution in [0.25, 0.3) is 0 Å². The van der Waals surface area contributed by atoms with Gasteiger partial charge in [0.15, 0.2) is 17.5 Å². The molecule has 1 aromatic carbocycles. The predicted molar refractivity (Wildman–Crippen MR) is 74.3 cm³/mol. The number of piperidine rings is 1. The Hall–Kier alpha value is -1.56. The lowest BCUT2D eigenvalue weighted by Gasteiger charge is -2.34. The molecule has 0 bridgehead atoms. The van der Waals surface area contributed by atoms with E-state index in [-0.39, 0.29) is 12.2 Å². The summed E-state index contributed by atoms with van der Waals surface area (Å²) in [6.45, 7) is 5.97. The van der Waals surface area contributed by atoms with E-state index < -0.39 is 23.4 Å². The first-order valence-electron chi connectivity index (χ1n) is 7.02. The van der Waals surface area contributed by atoms with Gasteiger partial charge in [0.1, 0.15) is 0 Å². The van der Waals surface area contributed by atoms with Gasteiger partial charge in [-0.3, -0.25) is 9.69 Å². The number of nitrogens with zero attached hydrogens (tertiary/aromatic N) is 1.